The topological polar surface area (TPSA) is 26.3 Å². The third-order valence-corrected chi connectivity index (χ3v) is 2.86. The molecule has 0 aromatic heterocycles. The number of Topliss-reactive ketones (excluding diaryl/α,β-unsaturated/α-hetero) is 1. The van der Waals surface area contributed by atoms with Crippen LogP contribution in [0.5, 0.6) is 5.75 Å². The van der Waals surface area contributed by atoms with Gasteiger partial charge in [0.05, 0.1) is 4.83 Å². The van der Waals surface area contributed by atoms with Gasteiger partial charge in [0.2, 0.25) is 0 Å². The first-order chi connectivity index (χ1) is 7.41. The summed E-state index contributed by atoms with van der Waals surface area (Å²) in [6, 6.07) is 4.12. The first-order valence-corrected chi connectivity index (χ1v) is 6.05. The lowest BCUT2D eigenvalue weighted by Crippen LogP contribution is -2.11. The molecule has 0 N–H and O–H groups in total. The number of rotatable bonds is 4. The molecule has 0 amide bonds. The van der Waals surface area contributed by atoms with Crippen LogP contribution in [0, 0.1) is 0 Å². The van der Waals surface area contributed by atoms with Crippen LogP contribution in [0.1, 0.15) is 17.3 Å². The Morgan fingerprint density at radius 2 is 2.06 bits per heavy atom. The molecule has 0 bridgehead atoms. The lowest BCUT2D eigenvalue weighted by molar-refractivity contribution is -0.0498. The Hall–Kier alpha value is -0.490. The standard InChI is InChI=1S/C10H8Br2F2O2/c1-5(11)9(15)7-3-2-6(4-8(7)12)16-10(13)14/h2-5,10H,1H3. The van der Waals surface area contributed by atoms with E-state index in [2.05, 4.69) is 36.6 Å². The molecular weight excluding hydrogens is 350 g/mol. The van der Waals surface area contributed by atoms with Crippen LogP contribution < -0.4 is 4.74 Å². The number of ether oxygens (including phenoxy) is 1. The lowest BCUT2D eigenvalue weighted by atomic mass is 10.1. The zero-order chi connectivity index (χ0) is 12.3. The van der Waals surface area contributed by atoms with Gasteiger partial charge >= 0.3 is 6.61 Å². The predicted molar refractivity (Wildman–Crippen MR) is 63.5 cm³/mol. The predicted octanol–water partition coefficient (Wildman–Crippen LogP) is 4.02. The van der Waals surface area contributed by atoms with Crippen LogP contribution in [0.3, 0.4) is 0 Å². The summed E-state index contributed by atoms with van der Waals surface area (Å²) in [7, 11) is 0. The molecule has 1 atom stereocenters. The quantitative estimate of drug-likeness (QED) is 0.601. The van der Waals surface area contributed by atoms with E-state index in [1.165, 1.54) is 18.2 Å². The number of hydrogen-bond acceptors (Lipinski definition) is 2. The molecule has 2 nitrogen and oxygen atoms in total. The van der Waals surface area contributed by atoms with Gasteiger partial charge in [0.1, 0.15) is 5.75 Å². The first-order valence-electron chi connectivity index (χ1n) is 4.34. The summed E-state index contributed by atoms with van der Waals surface area (Å²) in [5.74, 6) is -0.115. The van der Waals surface area contributed by atoms with E-state index >= 15 is 0 Å². The molecular formula is C10H8Br2F2O2. The summed E-state index contributed by atoms with van der Waals surface area (Å²) in [6.45, 7) is -1.18. The third-order valence-electron chi connectivity index (χ3n) is 1.79. The smallest absolute Gasteiger partial charge is 0.387 e. The van der Waals surface area contributed by atoms with Crippen molar-refractivity contribution in [3.8, 4) is 5.75 Å². The fraction of sp³-hybridized carbons (Fsp3) is 0.300. The number of carbonyl (C=O) groups is 1. The van der Waals surface area contributed by atoms with Crippen LogP contribution in [0.4, 0.5) is 8.78 Å². The van der Waals surface area contributed by atoms with E-state index in [-0.39, 0.29) is 16.4 Å². The van der Waals surface area contributed by atoms with Crippen molar-refractivity contribution >= 4 is 37.6 Å². The molecule has 1 unspecified atom stereocenters. The Morgan fingerprint density at radius 1 is 1.44 bits per heavy atom. The van der Waals surface area contributed by atoms with Gasteiger partial charge in [-0.05, 0) is 41.1 Å². The average Bonchev–Trinajstić information content (AvgIpc) is 2.15. The van der Waals surface area contributed by atoms with Crippen molar-refractivity contribution in [2.45, 2.75) is 18.4 Å². The maximum Gasteiger partial charge on any atom is 0.387 e. The minimum absolute atomic E-state index is 0.0145. The summed E-state index contributed by atoms with van der Waals surface area (Å²) < 4.78 is 28.5. The van der Waals surface area contributed by atoms with Crippen molar-refractivity contribution in [3.63, 3.8) is 0 Å². The van der Waals surface area contributed by atoms with Crippen LogP contribution in [0.15, 0.2) is 22.7 Å². The van der Waals surface area contributed by atoms with Crippen LogP contribution >= 0.6 is 31.9 Å². The van der Waals surface area contributed by atoms with Crippen LogP contribution in [0.2, 0.25) is 0 Å². The van der Waals surface area contributed by atoms with E-state index in [9.17, 15) is 13.6 Å². The van der Waals surface area contributed by atoms with Crippen molar-refractivity contribution in [2.75, 3.05) is 0 Å². The van der Waals surface area contributed by atoms with E-state index < -0.39 is 6.61 Å². The summed E-state index contributed by atoms with van der Waals surface area (Å²) in [4.78, 5) is 11.3. The van der Waals surface area contributed by atoms with Gasteiger partial charge in [0, 0.05) is 10.0 Å². The number of hydrogen-bond donors (Lipinski definition) is 0. The summed E-state index contributed by atoms with van der Waals surface area (Å²) in [6.07, 6.45) is 0. The van der Waals surface area contributed by atoms with Crippen molar-refractivity contribution in [3.05, 3.63) is 28.2 Å². The van der Waals surface area contributed by atoms with Crippen molar-refractivity contribution in [2.24, 2.45) is 0 Å². The van der Waals surface area contributed by atoms with Gasteiger partial charge in [-0.1, -0.05) is 15.9 Å². The zero-order valence-corrected chi connectivity index (χ0v) is 11.4. The van der Waals surface area contributed by atoms with Gasteiger partial charge in [-0.2, -0.15) is 8.78 Å². The Labute approximate surface area is 108 Å². The third kappa shape index (κ3) is 3.52. The highest BCUT2D eigenvalue weighted by molar-refractivity contribution is 9.10. The van der Waals surface area contributed by atoms with Crippen molar-refractivity contribution in [1.29, 1.82) is 0 Å². The van der Waals surface area contributed by atoms with Gasteiger partial charge in [-0.25, -0.2) is 0 Å². The Kier molecular flexibility index (Phi) is 4.86. The van der Waals surface area contributed by atoms with Crippen LogP contribution in [0.25, 0.3) is 0 Å². The Morgan fingerprint density at radius 3 is 2.50 bits per heavy atom. The van der Waals surface area contributed by atoms with Gasteiger partial charge in [-0.3, -0.25) is 4.79 Å². The monoisotopic (exact) mass is 356 g/mol. The molecule has 1 rings (SSSR count). The van der Waals surface area contributed by atoms with Gasteiger partial charge in [-0.15, -0.1) is 0 Å². The van der Waals surface area contributed by atoms with E-state index in [0.717, 1.165) is 0 Å². The van der Waals surface area contributed by atoms with Crippen molar-refractivity contribution in [1.82, 2.24) is 0 Å². The number of halogens is 4. The Balaban J connectivity index is 2.96. The van der Waals surface area contributed by atoms with Gasteiger partial charge in [0.15, 0.2) is 5.78 Å². The molecule has 0 heterocycles. The molecule has 0 saturated carbocycles. The average molecular weight is 358 g/mol. The normalized spacial score (nSPS) is 12.6. The molecule has 16 heavy (non-hydrogen) atoms. The maximum absolute atomic E-state index is 11.9. The zero-order valence-electron chi connectivity index (χ0n) is 8.22. The Bertz CT molecular complexity index is 394. The molecule has 0 saturated heterocycles. The summed E-state index contributed by atoms with van der Waals surface area (Å²) in [5.41, 5.74) is 0.422. The molecule has 6 heteroatoms. The molecule has 0 aliphatic heterocycles. The van der Waals surface area contributed by atoms with Gasteiger partial charge < -0.3 is 4.74 Å². The minimum atomic E-state index is -2.87. The number of alkyl halides is 3. The van der Waals surface area contributed by atoms with Crippen LogP contribution in [-0.2, 0) is 0 Å². The van der Waals surface area contributed by atoms with E-state index in [0.29, 0.717) is 10.0 Å². The second-order valence-corrected chi connectivity index (χ2v) is 5.23. The molecule has 0 aliphatic rings. The van der Waals surface area contributed by atoms with Crippen molar-refractivity contribution < 1.29 is 18.3 Å². The molecule has 0 radical (unpaired) electrons. The van der Waals surface area contributed by atoms with Crippen LogP contribution in [-0.4, -0.2) is 17.2 Å². The highest BCUT2D eigenvalue weighted by Gasteiger charge is 2.16. The summed E-state index contributed by atoms with van der Waals surface area (Å²) in [5, 5.41) is 0. The first kappa shape index (κ1) is 13.6. The number of ketones is 1. The molecule has 1 aromatic rings. The molecule has 1 aromatic carbocycles. The molecule has 0 fully saturated rings. The second kappa shape index (κ2) is 5.72. The van der Waals surface area contributed by atoms with E-state index in [1.807, 2.05) is 0 Å². The minimum Gasteiger partial charge on any atom is -0.435 e. The van der Waals surface area contributed by atoms with E-state index in [1.54, 1.807) is 6.92 Å². The fourth-order valence-electron chi connectivity index (χ4n) is 1.09. The highest BCUT2D eigenvalue weighted by Crippen LogP contribution is 2.26. The van der Waals surface area contributed by atoms with E-state index in [4.69, 9.17) is 0 Å². The molecule has 88 valence electrons. The molecule has 0 spiro atoms. The number of carbonyl (C=O) groups excluding carboxylic acids is 1. The highest BCUT2D eigenvalue weighted by atomic mass is 79.9. The molecule has 0 aliphatic carbocycles. The summed E-state index contributed by atoms with van der Waals surface area (Å²) >= 11 is 6.29. The number of benzene rings is 1. The SMILES string of the molecule is CC(Br)C(=O)c1ccc(OC(F)F)cc1Br. The maximum atomic E-state index is 11.9. The fourth-order valence-corrected chi connectivity index (χ4v) is 1.89. The largest absolute Gasteiger partial charge is 0.435 e. The lowest BCUT2D eigenvalue weighted by Gasteiger charge is -2.08. The van der Waals surface area contributed by atoms with Gasteiger partial charge in [0.25, 0.3) is 0 Å². The second-order valence-electron chi connectivity index (χ2n) is 3.00.